The molecular weight excluding hydrogens is 246 g/mol. The van der Waals surface area contributed by atoms with Crippen LogP contribution in [0.3, 0.4) is 0 Å². The van der Waals surface area contributed by atoms with Crippen LogP contribution in [0.2, 0.25) is 0 Å². The van der Waals surface area contributed by atoms with Gasteiger partial charge in [-0.25, -0.2) is 0 Å². The van der Waals surface area contributed by atoms with Gasteiger partial charge >= 0.3 is 5.97 Å². The molecule has 0 radical (unpaired) electrons. The molecule has 1 N–H and O–H groups in total. The van der Waals surface area contributed by atoms with Gasteiger partial charge in [-0.1, -0.05) is 6.92 Å². The SMILES string of the molecule is CCCNC(COCC1CCCCO1)C(=O)OCC. The van der Waals surface area contributed by atoms with E-state index in [-0.39, 0.29) is 18.1 Å². The quantitative estimate of drug-likeness (QED) is 0.645. The van der Waals surface area contributed by atoms with Crippen LogP contribution < -0.4 is 5.32 Å². The molecule has 0 aromatic heterocycles. The predicted molar refractivity (Wildman–Crippen MR) is 73.1 cm³/mol. The fourth-order valence-electron chi connectivity index (χ4n) is 2.03. The van der Waals surface area contributed by atoms with E-state index >= 15 is 0 Å². The third-order valence-electron chi connectivity index (χ3n) is 3.07. The Morgan fingerprint density at radius 3 is 2.89 bits per heavy atom. The molecule has 2 atom stereocenters. The van der Waals surface area contributed by atoms with Crippen LogP contribution in [-0.2, 0) is 19.0 Å². The number of ether oxygens (including phenoxy) is 3. The van der Waals surface area contributed by atoms with Gasteiger partial charge in [0.25, 0.3) is 0 Å². The summed E-state index contributed by atoms with van der Waals surface area (Å²) in [6.07, 6.45) is 4.54. The molecule has 1 fully saturated rings. The Morgan fingerprint density at radius 1 is 1.42 bits per heavy atom. The Kier molecular flexibility index (Phi) is 8.79. The van der Waals surface area contributed by atoms with Crippen LogP contribution in [0, 0.1) is 0 Å². The van der Waals surface area contributed by atoms with E-state index in [1.165, 1.54) is 6.42 Å². The van der Waals surface area contributed by atoms with Crippen molar-refractivity contribution in [2.45, 2.75) is 51.7 Å². The fraction of sp³-hybridized carbons (Fsp3) is 0.929. The molecule has 0 aromatic rings. The standard InChI is InChI=1S/C14H27NO4/c1-3-8-15-13(14(16)18-4-2)11-17-10-12-7-5-6-9-19-12/h12-13,15H,3-11H2,1-2H3. The predicted octanol–water partition coefficient (Wildman–Crippen LogP) is 1.50. The van der Waals surface area contributed by atoms with Crippen molar-refractivity contribution in [3.8, 4) is 0 Å². The maximum atomic E-state index is 11.7. The average molecular weight is 273 g/mol. The maximum Gasteiger partial charge on any atom is 0.325 e. The summed E-state index contributed by atoms with van der Waals surface area (Å²) in [5, 5.41) is 3.15. The molecule has 5 nitrogen and oxygen atoms in total. The number of carbonyl (C=O) groups excluding carboxylic acids is 1. The van der Waals surface area contributed by atoms with Crippen LogP contribution in [0.25, 0.3) is 0 Å². The van der Waals surface area contributed by atoms with Gasteiger partial charge in [-0.3, -0.25) is 4.79 Å². The largest absolute Gasteiger partial charge is 0.465 e. The molecule has 1 rings (SSSR count). The number of rotatable bonds is 9. The summed E-state index contributed by atoms with van der Waals surface area (Å²) in [6, 6.07) is -0.372. The molecule has 0 amide bonds. The minimum Gasteiger partial charge on any atom is -0.465 e. The molecule has 112 valence electrons. The highest BCUT2D eigenvalue weighted by Crippen LogP contribution is 2.12. The summed E-state index contributed by atoms with van der Waals surface area (Å²) in [6.45, 7) is 6.78. The fourth-order valence-corrected chi connectivity index (χ4v) is 2.03. The Hall–Kier alpha value is -0.650. The van der Waals surface area contributed by atoms with Crippen molar-refractivity contribution in [3.63, 3.8) is 0 Å². The van der Waals surface area contributed by atoms with Crippen molar-refractivity contribution < 1.29 is 19.0 Å². The lowest BCUT2D eigenvalue weighted by Gasteiger charge is -2.23. The van der Waals surface area contributed by atoms with Gasteiger partial charge in [-0.15, -0.1) is 0 Å². The van der Waals surface area contributed by atoms with Gasteiger partial charge in [0.15, 0.2) is 0 Å². The molecule has 5 heteroatoms. The lowest BCUT2D eigenvalue weighted by molar-refractivity contribution is -0.148. The van der Waals surface area contributed by atoms with E-state index in [1.54, 1.807) is 0 Å². The third-order valence-corrected chi connectivity index (χ3v) is 3.07. The van der Waals surface area contributed by atoms with Crippen molar-refractivity contribution in [2.24, 2.45) is 0 Å². The Morgan fingerprint density at radius 2 is 2.26 bits per heavy atom. The lowest BCUT2D eigenvalue weighted by atomic mass is 10.1. The molecule has 1 aliphatic heterocycles. The molecule has 2 unspecified atom stereocenters. The first kappa shape index (κ1) is 16.4. The molecule has 1 saturated heterocycles. The van der Waals surface area contributed by atoms with E-state index in [2.05, 4.69) is 12.2 Å². The first-order valence-corrected chi connectivity index (χ1v) is 7.37. The Bertz CT molecular complexity index is 242. The zero-order valence-corrected chi connectivity index (χ0v) is 12.2. The number of carbonyl (C=O) groups is 1. The number of esters is 1. The Balaban J connectivity index is 2.24. The van der Waals surface area contributed by atoms with Crippen LogP contribution in [0.4, 0.5) is 0 Å². The number of nitrogens with one attached hydrogen (secondary N) is 1. The van der Waals surface area contributed by atoms with Crippen molar-refractivity contribution in [1.29, 1.82) is 0 Å². The molecule has 0 bridgehead atoms. The molecule has 19 heavy (non-hydrogen) atoms. The lowest BCUT2D eigenvalue weighted by Crippen LogP contribution is -2.42. The molecule has 1 aliphatic rings. The van der Waals surface area contributed by atoms with Gasteiger partial charge < -0.3 is 19.5 Å². The van der Waals surface area contributed by atoms with Gasteiger partial charge in [0, 0.05) is 6.61 Å². The second kappa shape index (κ2) is 10.2. The van der Waals surface area contributed by atoms with Crippen LogP contribution in [-0.4, -0.2) is 51.1 Å². The van der Waals surface area contributed by atoms with Crippen molar-refractivity contribution in [3.05, 3.63) is 0 Å². The molecule has 0 aliphatic carbocycles. The molecule has 0 spiro atoms. The third kappa shape index (κ3) is 6.89. The van der Waals surface area contributed by atoms with Crippen molar-refractivity contribution in [1.82, 2.24) is 5.32 Å². The van der Waals surface area contributed by atoms with Crippen LogP contribution >= 0.6 is 0 Å². The van der Waals surface area contributed by atoms with Gasteiger partial charge in [0.05, 0.1) is 25.9 Å². The van der Waals surface area contributed by atoms with E-state index in [1.807, 2.05) is 6.92 Å². The summed E-state index contributed by atoms with van der Waals surface area (Å²) >= 11 is 0. The van der Waals surface area contributed by atoms with Gasteiger partial charge in [0.1, 0.15) is 6.04 Å². The number of hydrogen-bond donors (Lipinski definition) is 1. The van der Waals surface area contributed by atoms with E-state index in [0.29, 0.717) is 19.8 Å². The molecule has 0 saturated carbocycles. The van der Waals surface area contributed by atoms with Crippen molar-refractivity contribution in [2.75, 3.05) is 33.0 Å². The van der Waals surface area contributed by atoms with E-state index in [9.17, 15) is 4.79 Å². The monoisotopic (exact) mass is 273 g/mol. The summed E-state index contributed by atoms with van der Waals surface area (Å²) in [7, 11) is 0. The van der Waals surface area contributed by atoms with Crippen LogP contribution in [0.1, 0.15) is 39.5 Å². The minimum absolute atomic E-state index is 0.183. The van der Waals surface area contributed by atoms with E-state index in [0.717, 1.165) is 32.4 Å². The molecular formula is C14H27NO4. The van der Waals surface area contributed by atoms with E-state index in [4.69, 9.17) is 14.2 Å². The summed E-state index contributed by atoms with van der Waals surface area (Å²) in [5.74, 6) is -0.236. The highest BCUT2D eigenvalue weighted by Gasteiger charge is 2.20. The van der Waals surface area contributed by atoms with Gasteiger partial charge in [-0.05, 0) is 39.2 Å². The first-order chi connectivity index (χ1) is 9.27. The normalized spacial score (nSPS) is 21.1. The molecule has 0 aromatic carbocycles. The van der Waals surface area contributed by atoms with Crippen molar-refractivity contribution >= 4 is 5.97 Å². The zero-order chi connectivity index (χ0) is 13.9. The minimum atomic E-state index is -0.372. The zero-order valence-electron chi connectivity index (χ0n) is 12.2. The second-order valence-corrected chi connectivity index (χ2v) is 4.78. The first-order valence-electron chi connectivity index (χ1n) is 7.37. The maximum absolute atomic E-state index is 11.7. The number of hydrogen-bond acceptors (Lipinski definition) is 5. The second-order valence-electron chi connectivity index (χ2n) is 4.78. The van der Waals surface area contributed by atoms with E-state index < -0.39 is 0 Å². The highest BCUT2D eigenvalue weighted by atomic mass is 16.5. The Labute approximate surface area is 116 Å². The summed E-state index contributed by atoms with van der Waals surface area (Å²) < 4.78 is 16.2. The van der Waals surface area contributed by atoms with Crippen LogP contribution in [0.15, 0.2) is 0 Å². The average Bonchev–Trinajstić information content (AvgIpc) is 2.44. The highest BCUT2D eigenvalue weighted by molar-refractivity contribution is 5.75. The smallest absolute Gasteiger partial charge is 0.325 e. The van der Waals surface area contributed by atoms with Gasteiger partial charge in [0.2, 0.25) is 0 Å². The van der Waals surface area contributed by atoms with Gasteiger partial charge in [-0.2, -0.15) is 0 Å². The molecule has 1 heterocycles. The summed E-state index contributed by atoms with van der Waals surface area (Å²) in [4.78, 5) is 11.7. The topological polar surface area (TPSA) is 56.8 Å². The van der Waals surface area contributed by atoms with Crippen LogP contribution in [0.5, 0.6) is 0 Å². The summed E-state index contributed by atoms with van der Waals surface area (Å²) in [5.41, 5.74) is 0.